The third-order valence-electron chi connectivity index (χ3n) is 3.27. The molecule has 2 aromatic carbocycles. The molecular formula is C16H14ClN3O. The van der Waals surface area contributed by atoms with Crippen LogP contribution < -0.4 is 5.32 Å². The summed E-state index contributed by atoms with van der Waals surface area (Å²) in [7, 11) is 0. The monoisotopic (exact) mass is 299 g/mol. The second-order valence-corrected chi connectivity index (χ2v) is 5.19. The number of aromatic nitrogens is 2. The van der Waals surface area contributed by atoms with Crippen molar-refractivity contribution in [2.75, 3.05) is 6.54 Å². The lowest BCUT2D eigenvalue weighted by Crippen LogP contribution is -2.26. The Hall–Kier alpha value is -2.33. The molecule has 1 aromatic heterocycles. The van der Waals surface area contributed by atoms with Crippen LogP contribution in [0.5, 0.6) is 0 Å². The number of carbonyl (C=O) groups excluding carboxylic acids is 1. The molecule has 21 heavy (non-hydrogen) atoms. The maximum atomic E-state index is 12.2. The van der Waals surface area contributed by atoms with E-state index in [2.05, 4.69) is 15.5 Å². The highest BCUT2D eigenvalue weighted by atomic mass is 35.5. The van der Waals surface area contributed by atoms with Gasteiger partial charge in [0.25, 0.3) is 5.91 Å². The molecule has 0 spiro atoms. The van der Waals surface area contributed by atoms with Crippen molar-refractivity contribution in [2.24, 2.45) is 0 Å². The zero-order chi connectivity index (χ0) is 14.7. The Kier molecular flexibility index (Phi) is 3.88. The minimum atomic E-state index is -0.172. The van der Waals surface area contributed by atoms with Gasteiger partial charge in [-0.3, -0.25) is 9.89 Å². The molecule has 3 aromatic rings. The van der Waals surface area contributed by atoms with Crippen LogP contribution in [0.25, 0.3) is 10.9 Å². The summed E-state index contributed by atoms with van der Waals surface area (Å²) in [6.45, 7) is 0.542. The highest BCUT2D eigenvalue weighted by Gasteiger charge is 2.12. The number of nitrogens with one attached hydrogen (secondary N) is 2. The standard InChI is InChI=1S/C16H14ClN3O/c17-12-5-3-4-11(10-12)8-9-18-16(21)15-13-6-1-2-7-14(13)19-20-15/h1-7,10H,8-9H2,(H,18,21)(H,19,20). The number of fused-ring (bicyclic) bond motifs is 1. The van der Waals surface area contributed by atoms with E-state index in [0.717, 1.165) is 22.9 Å². The van der Waals surface area contributed by atoms with Gasteiger partial charge in [0.05, 0.1) is 5.52 Å². The van der Waals surface area contributed by atoms with E-state index in [1.807, 2.05) is 48.5 Å². The second kappa shape index (κ2) is 5.97. The van der Waals surface area contributed by atoms with Crippen LogP contribution in [0.15, 0.2) is 48.5 Å². The van der Waals surface area contributed by atoms with E-state index >= 15 is 0 Å². The van der Waals surface area contributed by atoms with Crippen LogP contribution in [-0.2, 0) is 6.42 Å². The number of H-pyrrole nitrogens is 1. The fourth-order valence-electron chi connectivity index (χ4n) is 2.23. The maximum absolute atomic E-state index is 12.2. The van der Waals surface area contributed by atoms with Crippen molar-refractivity contribution < 1.29 is 4.79 Å². The summed E-state index contributed by atoms with van der Waals surface area (Å²) in [5, 5.41) is 11.4. The van der Waals surface area contributed by atoms with Gasteiger partial charge in [-0.05, 0) is 30.2 Å². The first-order valence-corrected chi connectivity index (χ1v) is 7.07. The molecule has 0 saturated heterocycles. The number of halogens is 1. The van der Waals surface area contributed by atoms with Gasteiger partial charge in [0.2, 0.25) is 0 Å². The Labute approximate surface area is 127 Å². The fourth-order valence-corrected chi connectivity index (χ4v) is 2.45. The number of amides is 1. The number of benzene rings is 2. The summed E-state index contributed by atoms with van der Waals surface area (Å²) in [5.41, 5.74) is 2.38. The molecule has 4 nitrogen and oxygen atoms in total. The minimum absolute atomic E-state index is 0.172. The van der Waals surface area contributed by atoms with E-state index in [4.69, 9.17) is 11.6 Å². The van der Waals surface area contributed by atoms with Crippen LogP contribution in [0.2, 0.25) is 5.02 Å². The summed E-state index contributed by atoms with van der Waals surface area (Å²) < 4.78 is 0. The third kappa shape index (κ3) is 3.06. The highest BCUT2D eigenvalue weighted by Crippen LogP contribution is 2.15. The first kappa shape index (κ1) is 13.6. The summed E-state index contributed by atoms with van der Waals surface area (Å²) in [5.74, 6) is -0.172. The lowest BCUT2D eigenvalue weighted by Gasteiger charge is -2.04. The fraction of sp³-hybridized carbons (Fsp3) is 0.125. The molecule has 0 unspecified atom stereocenters. The molecule has 0 aliphatic heterocycles. The minimum Gasteiger partial charge on any atom is -0.350 e. The van der Waals surface area contributed by atoms with Crippen molar-refractivity contribution in [3.63, 3.8) is 0 Å². The van der Waals surface area contributed by atoms with E-state index in [1.54, 1.807) is 0 Å². The van der Waals surface area contributed by atoms with Gasteiger partial charge < -0.3 is 5.32 Å². The van der Waals surface area contributed by atoms with Gasteiger partial charge in [-0.1, -0.05) is 41.9 Å². The normalized spacial score (nSPS) is 10.7. The number of carbonyl (C=O) groups is 1. The predicted molar refractivity (Wildman–Crippen MR) is 83.6 cm³/mol. The van der Waals surface area contributed by atoms with Crippen LogP contribution in [0.1, 0.15) is 16.1 Å². The van der Waals surface area contributed by atoms with Gasteiger partial charge in [0.15, 0.2) is 5.69 Å². The van der Waals surface area contributed by atoms with Crippen LogP contribution in [0.3, 0.4) is 0 Å². The lowest BCUT2D eigenvalue weighted by atomic mass is 10.1. The van der Waals surface area contributed by atoms with Crippen molar-refractivity contribution in [2.45, 2.75) is 6.42 Å². The molecular weight excluding hydrogens is 286 g/mol. The Bertz CT molecular complexity index is 782. The quantitative estimate of drug-likeness (QED) is 0.777. The molecule has 106 valence electrons. The zero-order valence-electron chi connectivity index (χ0n) is 11.3. The first-order chi connectivity index (χ1) is 10.2. The summed E-state index contributed by atoms with van der Waals surface area (Å²) >= 11 is 5.93. The summed E-state index contributed by atoms with van der Waals surface area (Å²) in [6.07, 6.45) is 0.731. The van der Waals surface area contributed by atoms with Crippen molar-refractivity contribution in [3.8, 4) is 0 Å². The maximum Gasteiger partial charge on any atom is 0.272 e. The molecule has 1 amide bonds. The molecule has 0 aliphatic rings. The largest absolute Gasteiger partial charge is 0.350 e. The predicted octanol–water partition coefficient (Wildman–Crippen LogP) is 3.19. The molecule has 1 heterocycles. The van der Waals surface area contributed by atoms with E-state index in [-0.39, 0.29) is 5.91 Å². The van der Waals surface area contributed by atoms with E-state index in [0.29, 0.717) is 17.3 Å². The number of aromatic amines is 1. The molecule has 5 heteroatoms. The van der Waals surface area contributed by atoms with Crippen LogP contribution in [0.4, 0.5) is 0 Å². The van der Waals surface area contributed by atoms with Gasteiger partial charge in [-0.15, -0.1) is 0 Å². The molecule has 0 bridgehead atoms. The molecule has 3 rings (SSSR count). The van der Waals surface area contributed by atoms with Gasteiger partial charge in [-0.2, -0.15) is 5.10 Å². The van der Waals surface area contributed by atoms with Crippen molar-refractivity contribution in [3.05, 3.63) is 64.8 Å². The highest BCUT2D eigenvalue weighted by molar-refractivity contribution is 6.30. The van der Waals surface area contributed by atoms with E-state index < -0.39 is 0 Å². The molecule has 0 radical (unpaired) electrons. The number of hydrogen-bond acceptors (Lipinski definition) is 2. The smallest absolute Gasteiger partial charge is 0.272 e. The Morgan fingerprint density at radius 3 is 2.90 bits per heavy atom. The average Bonchev–Trinajstić information content (AvgIpc) is 2.91. The van der Waals surface area contributed by atoms with Crippen LogP contribution in [0, 0.1) is 0 Å². The van der Waals surface area contributed by atoms with E-state index in [1.165, 1.54) is 0 Å². The summed E-state index contributed by atoms with van der Waals surface area (Å²) in [4.78, 5) is 12.2. The number of rotatable bonds is 4. The Balaban J connectivity index is 1.64. The molecule has 0 fully saturated rings. The third-order valence-corrected chi connectivity index (χ3v) is 3.51. The van der Waals surface area contributed by atoms with Crippen molar-refractivity contribution >= 4 is 28.4 Å². The number of para-hydroxylation sites is 1. The molecule has 2 N–H and O–H groups in total. The zero-order valence-corrected chi connectivity index (χ0v) is 12.0. The average molecular weight is 300 g/mol. The lowest BCUT2D eigenvalue weighted by molar-refractivity contribution is 0.0950. The van der Waals surface area contributed by atoms with Gasteiger partial charge in [-0.25, -0.2) is 0 Å². The van der Waals surface area contributed by atoms with Gasteiger partial charge in [0, 0.05) is 17.0 Å². The molecule has 0 saturated carbocycles. The molecule has 0 aliphatic carbocycles. The summed E-state index contributed by atoms with van der Waals surface area (Å²) in [6, 6.07) is 15.2. The second-order valence-electron chi connectivity index (χ2n) is 4.75. The first-order valence-electron chi connectivity index (χ1n) is 6.70. The van der Waals surface area contributed by atoms with Crippen LogP contribution >= 0.6 is 11.6 Å². The number of hydrogen-bond donors (Lipinski definition) is 2. The number of nitrogens with zero attached hydrogens (tertiary/aromatic N) is 1. The van der Waals surface area contributed by atoms with Crippen molar-refractivity contribution in [1.82, 2.24) is 15.5 Å². The SMILES string of the molecule is O=C(NCCc1cccc(Cl)c1)c1n[nH]c2ccccc12. The topological polar surface area (TPSA) is 57.8 Å². The molecule has 0 atom stereocenters. The van der Waals surface area contributed by atoms with Crippen molar-refractivity contribution in [1.29, 1.82) is 0 Å². The van der Waals surface area contributed by atoms with Gasteiger partial charge >= 0.3 is 0 Å². The Morgan fingerprint density at radius 2 is 2.05 bits per heavy atom. The van der Waals surface area contributed by atoms with Crippen LogP contribution in [-0.4, -0.2) is 22.6 Å². The van der Waals surface area contributed by atoms with E-state index in [9.17, 15) is 4.79 Å². The van der Waals surface area contributed by atoms with Gasteiger partial charge in [0.1, 0.15) is 0 Å². The Morgan fingerprint density at radius 1 is 1.19 bits per heavy atom.